The molecule has 0 aromatic heterocycles. The second-order valence-corrected chi connectivity index (χ2v) is 8.58. The van der Waals surface area contributed by atoms with Gasteiger partial charge in [0, 0.05) is 6.54 Å². The minimum atomic E-state index is -3.97. The van der Waals surface area contributed by atoms with E-state index in [9.17, 15) is 12.8 Å². The lowest BCUT2D eigenvalue weighted by Crippen LogP contribution is -2.28. The molecule has 8 heteroatoms. The minimum Gasteiger partial charge on any atom is -0.395 e. The largest absolute Gasteiger partial charge is 0.395 e. The van der Waals surface area contributed by atoms with Crippen molar-refractivity contribution in [3.63, 3.8) is 0 Å². The predicted molar refractivity (Wildman–Crippen MR) is 80.6 cm³/mol. The normalized spacial score (nSPS) is 20.9. The number of halogens is 3. The van der Waals surface area contributed by atoms with Crippen LogP contribution in [0.1, 0.15) is 20.3 Å². The lowest BCUT2D eigenvalue weighted by molar-refractivity contribution is 0.531. The van der Waals surface area contributed by atoms with Gasteiger partial charge in [0.25, 0.3) is 0 Å². The van der Waals surface area contributed by atoms with Gasteiger partial charge in [-0.3, -0.25) is 0 Å². The van der Waals surface area contributed by atoms with Crippen molar-refractivity contribution >= 4 is 43.2 Å². The van der Waals surface area contributed by atoms with Crippen molar-refractivity contribution in [2.75, 3.05) is 12.3 Å². The zero-order valence-electron chi connectivity index (χ0n) is 11.0. The van der Waals surface area contributed by atoms with Crippen LogP contribution in [0.5, 0.6) is 0 Å². The van der Waals surface area contributed by atoms with Crippen LogP contribution < -0.4 is 10.5 Å². The van der Waals surface area contributed by atoms with Gasteiger partial charge in [0.2, 0.25) is 10.0 Å². The Balaban J connectivity index is 2.26. The van der Waals surface area contributed by atoms with Crippen molar-refractivity contribution in [2.24, 2.45) is 11.3 Å². The number of hydrogen-bond acceptors (Lipinski definition) is 3. The maximum Gasteiger partial charge on any atom is 0.243 e. The first-order chi connectivity index (χ1) is 9.06. The van der Waals surface area contributed by atoms with Gasteiger partial charge in [0.1, 0.15) is 4.90 Å². The summed E-state index contributed by atoms with van der Waals surface area (Å²) in [6.07, 6.45) is 0.946. The second kappa shape index (κ2) is 5.12. The molecular formula is C12H15BrClFN2O2S. The van der Waals surface area contributed by atoms with Gasteiger partial charge >= 0.3 is 0 Å². The van der Waals surface area contributed by atoms with Crippen LogP contribution in [0.15, 0.2) is 15.4 Å². The number of nitrogens with one attached hydrogen (secondary N) is 1. The monoisotopic (exact) mass is 384 g/mol. The highest BCUT2D eigenvalue weighted by Gasteiger charge is 2.45. The van der Waals surface area contributed by atoms with Crippen LogP contribution in [0.25, 0.3) is 0 Å². The van der Waals surface area contributed by atoms with Crippen molar-refractivity contribution < 1.29 is 12.8 Å². The van der Waals surface area contributed by atoms with Gasteiger partial charge in [-0.25, -0.2) is 17.5 Å². The first-order valence-electron chi connectivity index (χ1n) is 5.99. The van der Waals surface area contributed by atoms with E-state index in [4.69, 9.17) is 17.3 Å². The standard InChI is InChI=1S/C12H15BrClFN2O2S/c1-12(2)4-6(12)5-17-20(18,19)8-3-7(14)9(13)11(16)10(8)15/h3,6,17H,4-5,16H2,1-2H3. The Kier molecular flexibility index (Phi) is 4.10. The van der Waals surface area contributed by atoms with Crippen LogP contribution in [0.4, 0.5) is 10.1 Å². The molecule has 0 bridgehead atoms. The smallest absolute Gasteiger partial charge is 0.243 e. The highest BCUT2D eigenvalue weighted by atomic mass is 79.9. The number of nitrogens with two attached hydrogens (primary N) is 1. The third-order valence-electron chi connectivity index (χ3n) is 3.68. The third kappa shape index (κ3) is 2.95. The summed E-state index contributed by atoms with van der Waals surface area (Å²) in [4.78, 5) is -0.526. The summed E-state index contributed by atoms with van der Waals surface area (Å²) < 4.78 is 40.8. The van der Waals surface area contributed by atoms with Gasteiger partial charge in [-0.1, -0.05) is 25.4 Å². The lowest BCUT2D eigenvalue weighted by Gasteiger charge is -2.11. The fourth-order valence-corrected chi connectivity index (χ4v) is 3.77. The summed E-state index contributed by atoms with van der Waals surface area (Å²) in [6, 6.07) is 1.05. The Bertz CT molecular complexity index is 664. The average molecular weight is 386 g/mol. The molecule has 2 rings (SSSR count). The lowest BCUT2D eigenvalue weighted by atomic mass is 10.1. The highest BCUT2D eigenvalue weighted by molar-refractivity contribution is 9.10. The van der Waals surface area contributed by atoms with E-state index in [-0.39, 0.29) is 33.1 Å². The molecule has 0 aliphatic heterocycles. The number of benzene rings is 1. The molecule has 0 amide bonds. The number of hydrogen-bond donors (Lipinski definition) is 2. The van der Waals surface area contributed by atoms with E-state index in [2.05, 4.69) is 34.5 Å². The van der Waals surface area contributed by atoms with Crippen LogP contribution in [0.3, 0.4) is 0 Å². The van der Waals surface area contributed by atoms with Crippen molar-refractivity contribution in [3.05, 3.63) is 21.4 Å². The van der Waals surface area contributed by atoms with Crippen LogP contribution in [-0.4, -0.2) is 15.0 Å². The zero-order chi connectivity index (χ0) is 15.3. The number of anilines is 1. The van der Waals surface area contributed by atoms with Crippen LogP contribution in [0, 0.1) is 17.2 Å². The maximum absolute atomic E-state index is 14.0. The molecule has 3 N–H and O–H groups in total. The van der Waals surface area contributed by atoms with E-state index < -0.39 is 20.7 Å². The number of nitrogen functional groups attached to an aromatic ring is 1. The molecule has 1 unspecified atom stereocenters. The van der Waals surface area contributed by atoms with E-state index in [1.54, 1.807) is 0 Å². The fraction of sp³-hybridized carbons (Fsp3) is 0.500. The topological polar surface area (TPSA) is 72.2 Å². The molecule has 0 radical (unpaired) electrons. The van der Waals surface area contributed by atoms with Gasteiger partial charge in [0.15, 0.2) is 5.82 Å². The molecule has 112 valence electrons. The Morgan fingerprint density at radius 1 is 1.60 bits per heavy atom. The van der Waals surface area contributed by atoms with Crippen molar-refractivity contribution in [1.82, 2.24) is 4.72 Å². The van der Waals surface area contributed by atoms with E-state index in [1.165, 1.54) is 0 Å². The molecule has 0 spiro atoms. The number of sulfonamides is 1. The van der Waals surface area contributed by atoms with Gasteiger partial charge in [-0.05, 0) is 39.8 Å². The molecule has 1 aliphatic carbocycles. The predicted octanol–water partition coefficient (Wildman–Crippen LogP) is 3.15. The Hall–Kier alpha value is -0.370. The summed E-state index contributed by atoms with van der Waals surface area (Å²) in [5.41, 5.74) is 5.31. The summed E-state index contributed by atoms with van der Waals surface area (Å²) in [7, 11) is -3.97. The summed E-state index contributed by atoms with van der Waals surface area (Å²) in [5.74, 6) is -0.729. The molecule has 1 aromatic carbocycles. The average Bonchev–Trinajstić information content (AvgIpc) is 2.96. The molecule has 0 heterocycles. The molecule has 0 saturated heterocycles. The van der Waals surface area contributed by atoms with Crippen molar-refractivity contribution in [1.29, 1.82) is 0 Å². The first-order valence-corrected chi connectivity index (χ1v) is 8.64. The Labute approximate surface area is 131 Å². The Morgan fingerprint density at radius 3 is 2.65 bits per heavy atom. The molecule has 1 saturated carbocycles. The Morgan fingerprint density at radius 2 is 2.15 bits per heavy atom. The van der Waals surface area contributed by atoms with Crippen molar-refractivity contribution in [2.45, 2.75) is 25.2 Å². The summed E-state index contributed by atoms with van der Waals surface area (Å²) >= 11 is 8.84. The van der Waals surface area contributed by atoms with E-state index in [0.717, 1.165) is 12.5 Å². The van der Waals surface area contributed by atoms with Crippen LogP contribution in [0.2, 0.25) is 5.02 Å². The van der Waals surface area contributed by atoms with Gasteiger partial charge < -0.3 is 5.73 Å². The fourth-order valence-electron chi connectivity index (χ4n) is 2.01. The SMILES string of the molecule is CC1(C)CC1CNS(=O)(=O)c1cc(Cl)c(Br)c(N)c1F. The van der Waals surface area contributed by atoms with Crippen LogP contribution >= 0.6 is 27.5 Å². The van der Waals surface area contributed by atoms with E-state index >= 15 is 0 Å². The summed E-state index contributed by atoms with van der Waals surface area (Å²) in [5, 5.41) is 0.0519. The third-order valence-corrected chi connectivity index (χ3v) is 6.49. The molecule has 1 aliphatic rings. The highest BCUT2D eigenvalue weighted by Crippen LogP contribution is 2.51. The minimum absolute atomic E-state index is 0.0519. The molecule has 20 heavy (non-hydrogen) atoms. The molecule has 4 nitrogen and oxygen atoms in total. The van der Waals surface area contributed by atoms with E-state index in [0.29, 0.717) is 0 Å². The number of rotatable bonds is 4. The van der Waals surface area contributed by atoms with Gasteiger partial charge in [-0.2, -0.15) is 0 Å². The molecule has 1 aromatic rings. The molecule has 1 fully saturated rings. The quantitative estimate of drug-likeness (QED) is 0.618. The summed E-state index contributed by atoms with van der Waals surface area (Å²) in [6.45, 7) is 4.39. The van der Waals surface area contributed by atoms with Crippen LogP contribution in [-0.2, 0) is 10.0 Å². The molecule has 1 atom stereocenters. The van der Waals surface area contributed by atoms with E-state index in [1.807, 2.05) is 0 Å². The van der Waals surface area contributed by atoms with Gasteiger partial charge in [0.05, 0.1) is 15.2 Å². The second-order valence-electron chi connectivity index (χ2n) is 5.64. The maximum atomic E-state index is 14.0. The van der Waals surface area contributed by atoms with Gasteiger partial charge in [-0.15, -0.1) is 0 Å². The van der Waals surface area contributed by atoms with Crippen molar-refractivity contribution in [3.8, 4) is 0 Å². The molecular weight excluding hydrogens is 371 g/mol. The first kappa shape index (κ1) is 16.0. The zero-order valence-corrected chi connectivity index (χ0v) is 14.2.